The molecule has 0 aromatic rings. The molecule has 0 aromatic carbocycles. The summed E-state index contributed by atoms with van der Waals surface area (Å²) >= 11 is 0. The van der Waals surface area contributed by atoms with Crippen LogP contribution in [0, 0.1) is 11.8 Å². The van der Waals surface area contributed by atoms with Gasteiger partial charge in [0, 0.05) is 12.5 Å². The molecule has 2 rings (SSSR count). The minimum Gasteiger partial charge on any atom is -0.416 e. The molecular weight excluding hydrogens is 204 g/mol. The number of aldehydes is 1. The van der Waals surface area contributed by atoms with E-state index >= 15 is 0 Å². The van der Waals surface area contributed by atoms with Gasteiger partial charge in [-0.15, -0.1) is 0 Å². The van der Waals surface area contributed by atoms with E-state index < -0.39 is 8.32 Å². The van der Waals surface area contributed by atoms with E-state index in [0.29, 0.717) is 11.5 Å². The average molecular weight is 226 g/mol. The molecule has 2 aliphatic rings. The summed E-state index contributed by atoms with van der Waals surface area (Å²) in [6.45, 7) is 5.27. The Morgan fingerprint density at radius 2 is 2.00 bits per heavy atom. The summed E-state index contributed by atoms with van der Waals surface area (Å²) in [4.78, 5) is 11.0. The van der Waals surface area contributed by atoms with Crippen LogP contribution in [0.1, 0.15) is 33.1 Å². The minimum absolute atomic E-state index is 0.215. The predicted molar refractivity (Wildman–Crippen MR) is 63.3 cm³/mol. The zero-order chi connectivity index (χ0) is 10.9. The smallest absolute Gasteiger partial charge is 0.196 e. The van der Waals surface area contributed by atoms with Gasteiger partial charge < -0.3 is 9.22 Å². The van der Waals surface area contributed by atoms with Gasteiger partial charge in [-0.25, -0.2) is 0 Å². The van der Waals surface area contributed by atoms with Crippen LogP contribution in [0.4, 0.5) is 0 Å². The maximum absolute atomic E-state index is 11.0. The Morgan fingerprint density at radius 3 is 2.60 bits per heavy atom. The van der Waals surface area contributed by atoms with E-state index in [4.69, 9.17) is 4.43 Å². The number of rotatable bonds is 2. The van der Waals surface area contributed by atoms with Crippen LogP contribution in [0.5, 0.6) is 0 Å². The Morgan fingerprint density at radius 1 is 1.33 bits per heavy atom. The molecule has 2 nitrogen and oxygen atoms in total. The van der Waals surface area contributed by atoms with Gasteiger partial charge in [0.2, 0.25) is 0 Å². The lowest BCUT2D eigenvalue weighted by molar-refractivity contribution is -0.111. The number of carbonyl (C=O) groups excluding carboxylic acids is 1. The van der Waals surface area contributed by atoms with E-state index in [1.54, 1.807) is 0 Å². The highest BCUT2D eigenvalue weighted by Gasteiger charge is 2.52. The van der Waals surface area contributed by atoms with Gasteiger partial charge in [0.05, 0.1) is 0 Å². The third-order valence-electron chi connectivity index (χ3n) is 4.34. The van der Waals surface area contributed by atoms with Crippen LogP contribution < -0.4 is 0 Å². The highest BCUT2D eigenvalue weighted by Crippen LogP contribution is 2.50. The lowest BCUT2D eigenvalue weighted by atomic mass is 9.98. The van der Waals surface area contributed by atoms with Crippen molar-refractivity contribution >= 4 is 14.6 Å². The van der Waals surface area contributed by atoms with Crippen molar-refractivity contribution in [2.75, 3.05) is 6.61 Å². The molecule has 0 N–H and O–H groups in total. The fourth-order valence-electron chi connectivity index (χ4n) is 3.73. The van der Waals surface area contributed by atoms with Crippen LogP contribution in [-0.2, 0) is 9.22 Å². The molecule has 3 atom stereocenters. The number of hydrogen-bond acceptors (Lipinski definition) is 2. The SMILES string of the molecule is C[C@H](C=O)[C@H]1[C@H](C)CO[Si]12CCCCC2. The molecule has 2 heterocycles. The fraction of sp³-hybridized carbons (Fsp3) is 0.917. The van der Waals surface area contributed by atoms with Crippen LogP contribution in [0.15, 0.2) is 0 Å². The molecule has 0 bridgehead atoms. The van der Waals surface area contributed by atoms with Crippen LogP contribution in [0.2, 0.25) is 17.6 Å². The van der Waals surface area contributed by atoms with E-state index in [-0.39, 0.29) is 5.92 Å². The van der Waals surface area contributed by atoms with Gasteiger partial charge in [0.15, 0.2) is 8.32 Å². The van der Waals surface area contributed by atoms with Crippen molar-refractivity contribution in [3.63, 3.8) is 0 Å². The zero-order valence-corrected chi connectivity index (χ0v) is 10.9. The minimum atomic E-state index is -1.53. The first-order chi connectivity index (χ1) is 7.19. The van der Waals surface area contributed by atoms with Gasteiger partial charge in [-0.05, 0) is 23.5 Å². The van der Waals surface area contributed by atoms with Crippen molar-refractivity contribution in [1.82, 2.24) is 0 Å². The van der Waals surface area contributed by atoms with Crippen LogP contribution in [0.3, 0.4) is 0 Å². The average Bonchev–Trinajstić information content (AvgIpc) is 2.56. The van der Waals surface area contributed by atoms with Gasteiger partial charge in [-0.3, -0.25) is 0 Å². The zero-order valence-electron chi connectivity index (χ0n) is 9.87. The molecule has 0 amide bonds. The topological polar surface area (TPSA) is 26.3 Å². The predicted octanol–water partition coefficient (Wildman–Crippen LogP) is 2.99. The van der Waals surface area contributed by atoms with Crippen molar-refractivity contribution in [3.8, 4) is 0 Å². The highest BCUT2D eigenvalue weighted by molar-refractivity contribution is 6.76. The molecule has 2 fully saturated rings. The second-order valence-electron chi connectivity index (χ2n) is 5.43. The molecule has 3 heteroatoms. The molecular formula is C12H22O2Si. The normalized spacial score (nSPS) is 36.7. The second-order valence-corrected chi connectivity index (χ2v) is 9.52. The first-order valence-electron chi connectivity index (χ1n) is 6.29. The van der Waals surface area contributed by atoms with E-state index in [1.165, 1.54) is 31.4 Å². The Kier molecular flexibility index (Phi) is 3.31. The van der Waals surface area contributed by atoms with E-state index in [1.807, 2.05) is 0 Å². The van der Waals surface area contributed by atoms with Crippen LogP contribution >= 0.6 is 0 Å². The molecule has 86 valence electrons. The molecule has 2 aliphatic heterocycles. The molecule has 2 saturated heterocycles. The standard InChI is InChI=1S/C12H22O2Si/c1-10(8-13)12-11(2)9-14-15(12)6-4-3-5-7-15/h8,10-12H,3-7,9H2,1-2H3/t10-,11-,12+/m1/s1. The van der Waals surface area contributed by atoms with Crippen molar-refractivity contribution in [2.45, 2.75) is 50.7 Å². The number of hydrogen-bond donors (Lipinski definition) is 0. The third-order valence-corrected chi connectivity index (χ3v) is 9.79. The van der Waals surface area contributed by atoms with Gasteiger partial charge >= 0.3 is 0 Å². The molecule has 0 unspecified atom stereocenters. The van der Waals surface area contributed by atoms with Crippen molar-refractivity contribution in [3.05, 3.63) is 0 Å². The Bertz CT molecular complexity index is 230. The monoisotopic (exact) mass is 226 g/mol. The summed E-state index contributed by atoms with van der Waals surface area (Å²) in [5.74, 6) is 0.822. The van der Waals surface area contributed by atoms with Crippen LogP contribution in [0.25, 0.3) is 0 Å². The maximum Gasteiger partial charge on any atom is 0.196 e. The lowest BCUT2D eigenvalue weighted by Gasteiger charge is -2.37. The molecule has 0 saturated carbocycles. The summed E-state index contributed by atoms with van der Waals surface area (Å²) in [5, 5.41) is 0. The first kappa shape index (κ1) is 11.3. The summed E-state index contributed by atoms with van der Waals surface area (Å²) in [7, 11) is -1.53. The lowest BCUT2D eigenvalue weighted by Crippen LogP contribution is -2.43. The molecule has 0 aromatic heterocycles. The fourth-order valence-corrected chi connectivity index (χ4v) is 9.59. The second kappa shape index (κ2) is 4.38. The quantitative estimate of drug-likeness (QED) is 0.534. The van der Waals surface area contributed by atoms with E-state index in [2.05, 4.69) is 13.8 Å². The van der Waals surface area contributed by atoms with Gasteiger partial charge in [-0.2, -0.15) is 0 Å². The summed E-state index contributed by atoms with van der Waals surface area (Å²) < 4.78 is 6.21. The van der Waals surface area contributed by atoms with Gasteiger partial charge in [0.25, 0.3) is 0 Å². The van der Waals surface area contributed by atoms with Crippen molar-refractivity contribution in [2.24, 2.45) is 11.8 Å². The summed E-state index contributed by atoms with van der Waals surface area (Å²) in [5.41, 5.74) is 0.593. The largest absolute Gasteiger partial charge is 0.416 e. The van der Waals surface area contributed by atoms with E-state index in [0.717, 1.165) is 12.9 Å². The third kappa shape index (κ3) is 1.92. The molecule has 0 radical (unpaired) electrons. The Hall–Kier alpha value is -0.153. The molecule has 0 aliphatic carbocycles. The summed E-state index contributed by atoms with van der Waals surface area (Å²) in [6, 6.07) is 2.61. The molecule has 1 spiro atoms. The van der Waals surface area contributed by atoms with Crippen molar-refractivity contribution in [1.29, 1.82) is 0 Å². The highest BCUT2D eigenvalue weighted by atomic mass is 28.4. The molecule has 15 heavy (non-hydrogen) atoms. The van der Waals surface area contributed by atoms with Crippen LogP contribution in [-0.4, -0.2) is 21.2 Å². The van der Waals surface area contributed by atoms with Gasteiger partial charge in [0.1, 0.15) is 6.29 Å². The van der Waals surface area contributed by atoms with Gasteiger partial charge in [-0.1, -0.05) is 33.1 Å². The Labute approximate surface area is 93.5 Å². The number of carbonyl (C=O) groups is 1. The Balaban J connectivity index is 2.18. The maximum atomic E-state index is 11.0. The van der Waals surface area contributed by atoms with E-state index in [9.17, 15) is 4.79 Å². The summed E-state index contributed by atoms with van der Waals surface area (Å²) in [6.07, 6.45) is 5.19. The van der Waals surface area contributed by atoms with Crippen molar-refractivity contribution < 1.29 is 9.22 Å². The first-order valence-corrected chi connectivity index (χ1v) is 8.69.